The normalized spacial score (nSPS) is 10.7. The van der Waals surface area contributed by atoms with E-state index in [4.69, 9.17) is 0 Å². The van der Waals surface area contributed by atoms with Crippen molar-refractivity contribution in [3.05, 3.63) is 53.7 Å². The lowest BCUT2D eigenvalue weighted by Gasteiger charge is -2.12. The molecule has 6 nitrogen and oxygen atoms in total. The van der Waals surface area contributed by atoms with Crippen molar-refractivity contribution in [2.45, 2.75) is 25.4 Å². The van der Waals surface area contributed by atoms with Crippen molar-refractivity contribution in [3.8, 4) is 11.5 Å². The van der Waals surface area contributed by atoms with Gasteiger partial charge in [-0.2, -0.15) is 0 Å². The van der Waals surface area contributed by atoms with Gasteiger partial charge in [-0.25, -0.2) is 0 Å². The van der Waals surface area contributed by atoms with Gasteiger partial charge in [0, 0.05) is 18.9 Å². The quantitative estimate of drug-likeness (QED) is 0.675. The number of pyridine rings is 1. The number of benzene rings is 1. The van der Waals surface area contributed by atoms with Crippen molar-refractivity contribution in [2.24, 2.45) is 7.05 Å². The third-order valence-corrected chi connectivity index (χ3v) is 5.09. The molecule has 0 spiro atoms. The van der Waals surface area contributed by atoms with Crippen LogP contribution in [-0.2, 0) is 18.3 Å². The Hall–Kier alpha value is -2.67. The van der Waals surface area contributed by atoms with Crippen molar-refractivity contribution in [3.63, 3.8) is 0 Å². The smallest absolute Gasteiger partial charge is 0.234 e. The number of anilines is 1. The number of carbonyl (C=O) groups excluding carboxylic acids is 1. The number of nitrogens with zero attached hydrogens (tertiary/aromatic N) is 4. The monoisotopic (exact) mass is 367 g/mol. The zero-order valence-electron chi connectivity index (χ0n) is 15.1. The molecule has 3 rings (SSSR count). The zero-order valence-corrected chi connectivity index (χ0v) is 15.9. The van der Waals surface area contributed by atoms with Crippen LogP contribution in [0.2, 0.25) is 0 Å². The molecule has 7 heteroatoms. The molecule has 0 aliphatic rings. The SMILES string of the molecule is CCc1cccc(C)c1NC(=O)CSc1nnc(-c2ccccn2)n1C. The van der Waals surface area contributed by atoms with E-state index >= 15 is 0 Å². The lowest BCUT2D eigenvalue weighted by Crippen LogP contribution is -2.16. The number of hydrogen-bond donors (Lipinski definition) is 1. The molecular formula is C19H21N5OS. The molecule has 2 heterocycles. The predicted molar refractivity (Wildman–Crippen MR) is 104 cm³/mol. The van der Waals surface area contributed by atoms with Crippen molar-refractivity contribution in [1.29, 1.82) is 0 Å². The van der Waals surface area contributed by atoms with Crippen molar-refractivity contribution < 1.29 is 4.79 Å². The van der Waals surface area contributed by atoms with Crippen molar-refractivity contribution in [2.75, 3.05) is 11.1 Å². The maximum Gasteiger partial charge on any atom is 0.234 e. The van der Waals surface area contributed by atoms with Crippen LogP contribution in [-0.4, -0.2) is 31.4 Å². The molecule has 1 aromatic carbocycles. The minimum absolute atomic E-state index is 0.0543. The molecule has 0 aliphatic heterocycles. The Kier molecular flexibility index (Phi) is 5.68. The molecule has 2 aromatic heterocycles. The van der Waals surface area contributed by atoms with Crippen molar-refractivity contribution >= 4 is 23.4 Å². The van der Waals surface area contributed by atoms with Gasteiger partial charge in [0.25, 0.3) is 0 Å². The predicted octanol–water partition coefficient (Wildman–Crippen LogP) is 3.48. The van der Waals surface area contributed by atoms with E-state index in [1.165, 1.54) is 11.8 Å². The molecule has 0 aliphatic carbocycles. The number of para-hydroxylation sites is 1. The van der Waals surface area contributed by atoms with Gasteiger partial charge < -0.3 is 9.88 Å². The molecule has 134 valence electrons. The van der Waals surface area contributed by atoms with Crippen LogP contribution in [0.25, 0.3) is 11.5 Å². The molecule has 3 aromatic rings. The molecule has 1 amide bonds. The summed E-state index contributed by atoms with van der Waals surface area (Å²) in [7, 11) is 1.88. The summed E-state index contributed by atoms with van der Waals surface area (Å²) >= 11 is 1.36. The van der Waals surface area contributed by atoms with Crippen LogP contribution in [0.5, 0.6) is 0 Å². The summed E-state index contributed by atoms with van der Waals surface area (Å²) in [6, 6.07) is 11.7. The van der Waals surface area contributed by atoms with Crippen LogP contribution in [0.4, 0.5) is 5.69 Å². The first-order valence-corrected chi connectivity index (χ1v) is 9.40. The van der Waals surface area contributed by atoms with Gasteiger partial charge >= 0.3 is 0 Å². The lowest BCUT2D eigenvalue weighted by atomic mass is 10.1. The molecule has 0 bridgehead atoms. The van der Waals surface area contributed by atoms with Gasteiger partial charge in [0.05, 0.1) is 5.75 Å². The maximum atomic E-state index is 12.4. The largest absolute Gasteiger partial charge is 0.325 e. The number of nitrogens with one attached hydrogen (secondary N) is 1. The fourth-order valence-corrected chi connectivity index (χ4v) is 3.38. The number of rotatable bonds is 6. The zero-order chi connectivity index (χ0) is 18.5. The van der Waals surface area contributed by atoms with Gasteiger partial charge in [0.2, 0.25) is 5.91 Å². The Morgan fingerprint density at radius 1 is 1.19 bits per heavy atom. The van der Waals surface area contributed by atoms with E-state index in [0.29, 0.717) is 11.0 Å². The maximum absolute atomic E-state index is 12.4. The van der Waals surface area contributed by atoms with E-state index in [9.17, 15) is 4.79 Å². The summed E-state index contributed by atoms with van der Waals surface area (Å²) in [6.45, 7) is 4.08. The van der Waals surface area contributed by atoms with Crippen LogP contribution in [0, 0.1) is 6.92 Å². The van der Waals surface area contributed by atoms with E-state index < -0.39 is 0 Å². The highest BCUT2D eigenvalue weighted by atomic mass is 32.2. The number of aromatic nitrogens is 4. The number of carbonyl (C=O) groups is 1. The molecule has 0 fully saturated rings. The second-order valence-corrected chi connectivity index (χ2v) is 6.82. The van der Waals surface area contributed by atoms with Crippen LogP contribution < -0.4 is 5.32 Å². The standard InChI is InChI=1S/C19H21N5OS/c1-4-14-9-7-8-13(2)17(14)21-16(25)12-26-19-23-22-18(24(19)3)15-10-5-6-11-20-15/h5-11H,4,12H2,1-3H3,(H,21,25). The van der Waals surface area contributed by atoms with Crippen LogP contribution >= 0.6 is 11.8 Å². The van der Waals surface area contributed by atoms with Gasteiger partial charge in [-0.15, -0.1) is 10.2 Å². The van der Waals surface area contributed by atoms with Gasteiger partial charge in [0.1, 0.15) is 5.69 Å². The highest BCUT2D eigenvalue weighted by Crippen LogP contribution is 2.23. The topological polar surface area (TPSA) is 72.7 Å². The molecule has 26 heavy (non-hydrogen) atoms. The Bertz CT molecular complexity index is 908. The fourth-order valence-electron chi connectivity index (χ4n) is 2.67. The molecular weight excluding hydrogens is 346 g/mol. The van der Waals surface area contributed by atoms with E-state index in [0.717, 1.165) is 28.9 Å². The number of amides is 1. The Balaban J connectivity index is 1.67. The van der Waals surface area contributed by atoms with Crippen LogP contribution in [0.1, 0.15) is 18.1 Å². The third kappa shape index (κ3) is 3.94. The number of aryl methyl sites for hydroxylation is 2. The average molecular weight is 367 g/mol. The van der Waals surface area contributed by atoms with E-state index in [-0.39, 0.29) is 11.7 Å². The van der Waals surface area contributed by atoms with Gasteiger partial charge in [0.15, 0.2) is 11.0 Å². The van der Waals surface area contributed by atoms with Crippen molar-refractivity contribution in [1.82, 2.24) is 19.7 Å². The van der Waals surface area contributed by atoms with E-state index in [1.807, 2.05) is 54.9 Å². The third-order valence-electron chi connectivity index (χ3n) is 4.07. The minimum Gasteiger partial charge on any atom is -0.325 e. The molecule has 0 unspecified atom stereocenters. The Morgan fingerprint density at radius 3 is 2.77 bits per heavy atom. The Morgan fingerprint density at radius 2 is 2.04 bits per heavy atom. The van der Waals surface area contributed by atoms with Crippen LogP contribution in [0.15, 0.2) is 47.8 Å². The second kappa shape index (κ2) is 8.14. The summed E-state index contributed by atoms with van der Waals surface area (Å²) in [5.74, 6) is 0.896. The lowest BCUT2D eigenvalue weighted by molar-refractivity contribution is -0.113. The first kappa shape index (κ1) is 18.1. The van der Waals surface area contributed by atoms with Gasteiger partial charge in [-0.05, 0) is 36.6 Å². The van der Waals surface area contributed by atoms with Gasteiger partial charge in [-0.1, -0.05) is 43.0 Å². The van der Waals surface area contributed by atoms with Gasteiger partial charge in [-0.3, -0.25) is 9.78 Å². The summed E-state index contributed by atoms with van der Waals surface area (Å²) in [4.78, 5) is 16.7. The summed E-state index contributed by atoms with van der Waals surface area (Å²) < 4.78 is 1.85. The number of hydrogen-bond acceptors (Lipinski definition) is 5. The average Bonchev–Trinajstić information content (AvgIpc) is 3.03. The molecule has 0 radical (unpaired) electrons. The summed E-state index contributed by atoms with van der Waals surface area (Å²) in [5.41, 5.74) is 3.87. The highest BCUT2D eigenvalue weighted by molar-refractivity contribution is 7.99. The number of thioether (sulfide) groups is 1. The molecule has 0 saturated carbocycles. The van der Waals surface area contributed by atoms with Crippen LogP contribution in [0.3, 0.4) is 0 Å². The summed E-state index contributed by atoms with van der Waals surface area (Å²) in [5, 5.41) is 12.1. The first-order chi connectivity index (χ1) is 12.6. The first-order valence-electron chi connectivity index (χ1n) is 8.42. The molecule has 0 atom stereocenters. The summed E-state index contributed by atoms with van der Waals surface area (Å²) in [6.07, 6.45) is 2.60. The molecule has 1 N–H and O–H groups in total. The van der Waals surface area contributed by atoms with E-state index in [1.54, 1.807) is 6.20 Å². The fraction of sp³-hybridized carbons (Fsp3) is 0.263. The van der Waals surface area contributed by atoms with E-state index in [2.05, 4.69) is 27.4 Å². The molecule has 0 saturated heterocycles. The minimum atomic E-state index is -0.0543. The highest BCUT2D eigenvalue weighted by Gasteiger charge is 2.14. The second-order valence-electron chi connectivity index (χ2n) is 5.88. The Labute approximate surface area is 157 Å².